The molecule has 0 atom stereocenters. The minimum absolute atomic E-state index is 0.398. The van der Waals surface area contributed by atoms with E-state index in [1.807, 2.05) is 48.7 Å². The van der Waals surface area contributed by atoms with Crippen molar-refractivity contribution in [3.05, 3.63) is 59.9 Å². The lowest BCUT2D eigenvalue weighted by Crippen LogP contribution is -2.39. The molecule has 1 aliphatic heterocycles. The standard InChI is InChI=1S/C18H17N5O/c19-18(24)23-9-8-16-14(11-23)17(22-21-16)13-6-7-15(20-10-13)12-4-2-1-3-5-12/h1-7,10H,8-9,11H2,(H2,19,24)(H,21,22). The van der Waals surface area contributed by atoms with Crippen LogP contribution in [0.4, 0.5) is 4.79 Å². The van der Waals surface area contributed by atoms with Crippen LogP contribution in [0.3, 0.4) is 0 Å². The number of nitrogens with one attached hydrogen (secondary N) is 1. The van der Waals surface area contributed by atoms with E-state index in [0.29, 0.717) is 13.1 Å². The maximum absolute atomic E-state index is 11.4. The zero-order valence-corrected chi connectivity index (χ0v) is 13.1. The van der Waals surface area contributed by atoms with Crippen molar-refractivity contribution in [1.29, 1.82) is 0 Å². The Morgan fingerprint density at radius 1 is 1.12 bits per heavy atom. The predicted octanol–water partition coefficient (Wildman–Crippen LogP) is 2.58. The summed E-state index contributed by atoms with van der Waals surface area (Å²) in [6.45, 7) is 1.10. The number of carbonyl (C=O) groups excluding carboxylic acids is 1. The molecule has 24 heavy (non-hydrogen) atoms. The molecule has 4 rings (SSSR count). The number of urea groups is 1. The van der Waals surface area contributed by atoms with E-state index in [-0.39, 0.29) is 0 Å². The maximum atomic E-state index is 11.4. The third-order valence-corrected chi connectivity index (χ3v) is 4.35. The Bertz CT molecular complexity index is 870. The van der Waals surface area contributed by atoms with Crippen molar-refractivity contribution in [2.45, 2.75) is 13.0 Å². The van der Waals surface area contributed by atoms with E-state index in [0.717, 1.165) is 40.2 Å². The Hall–Kier alpha value is -3.15. The SMILES string of the molecule is NC(=O)N1CCc2[nH]nc(-c3ccc(-c4ccccc4)nc3)c2C1. The lowest BCUT2D eigenvalue weighted by Gasteiger charge is -2.25. The Morgan fingerprint density at radius 2 is 1.96 bits per heavy atom. The van der Waals surface area contributed by atoms with Gasteiger partial charge in [0.15, 0.2) is 0 Å². The number of rotatable bonds is 2. The van der Waals surface area contributed by atoms with Crippen molar-refractivity contribution in [2.24, 2.45) is 5.73 Å². The first-order chi connectivity index (χ1) is 11.7. The molecule has 3 N–H and O–H groups in total. The molecule has 3 aromatic rings. The summed E-state index contributed by atoms with van der Waals surface area (Å²) >= 11 is 0. The third-order valence-electron chi connectivity index (χ3n) is 4.35. The number of hydrogen-bond donors (Lipinski definition) is 2. The van der Waals surface area contributed by atoms with Gasteiger partial charge in [0.05, 0.1) is 17.9 Å². The largest absolute Gasteiger partial charge is 0.351 e. The molecule has 0 saturated carbocycles. The monoisotopic (exact) mass is 319 g/mol. The number of amides is 2. The van der Waals surface area contributed by atoms with Crippen molar-refractivity contribution in [2.75, 3.05) is 6.54 Å². The van der Waals surface area contributed by atoms with Gasteiger partial charge in [-0.1, -0.05) is 30.3 Å². The van der Waals surface area contributed by atoms with Crippen molar-refractivity contribution in [3.8, 4) is 22.5 Å². The van der Waals surface area contributed by atoms with Gasteiger partial charge in [-0.3, -0.25) is 10.1 Å². The van der Waals surface area contributed by atoms with Crippen LogP contribution in [0.5, 0.6) is 0 Å². The second-order valence-corrected chi connectivity index (χ2v) is 5.84. The Labute approximate surface area is 139 Å². The smallest absolute Gasteiger partial charge is 0.315 e. The van der Waals surface area contributed by atoms with Crippen molar-refractivity contribution in [1.82, 2.24) is 20.1 Å². The van der Waals surface area contributed by atoms with Gasteiger partial charge in [0.1, 0.15) is 0 Å². The number of aromatic amines is 1. The molecule has 2 amide bonds. The predicted molar refractivity (Wildman–Crippen MR) is 91.0 cm³/mol. The van der Waals surface area contributed by atoms with Gasteiger partial charge in [-0.2, -0.15) is 5.10 Å². The third kappa shape index (κ3) is 2.52. The van der Waals surface area contributed by atoms with Crippen molar-refractivity contribution < 1.29 is 4.79 Å². The molecule has 0 aliphatic carbocycles. The highest BCUT2D eigenvalue weighted by atomic mass is 16.2. The van der Waals surface area contributed by atoms with E-state index < -0.39 is 6.03 Å². The number of nitrogens with zero attached hydrogens (tertiary/aromatic N) is 3. The van der Waals surface area contributed by atoms with E-state index in [1.54, 1.807) is 4.90 Å². The van der Waals surface area contributed by atoms with Gasteiger partial charge < -0.3 is 10.6 Å². The number of benzene rings is 1. The number of fused-ring (bicyclic) bond motifs is 1. The zero-order valence-electron chi connectivity index (χ0n) is 13.1. The van der Waals surface area contributed by atoms with Crippen molar-refractivity contribution in [3.63, 3.8) is 0 Å². The molecule has 6 nitrogen and oxygen atoms in total. The van der Waals surface area contributed by atoms with Gasteiger partial charge in [-0.05, 0) is 12.1 Å². The molecule has 0 fully saturated rings. The molecule has 1 aliphatic rings. The van der Waals surface area contributed by atoms with Crippen LogP contribution in [0, 0.1) is 0 Å². The molecule has 0 spiro atoms. The normalized spacial score (nSPS) is 13.6. The first-order valence-electron chi connectivity index (χ1n) is 7.85. The summed E-state index contributed by atoms with van der Waals surface area (Å²) in [5.74, 6) is 0. The second-order valence-electron chi connectivity index (χ2n) is 5.84. The molecule has 0 radical (unpaired) electrons. The molecule has 0 unspecified atom stereocenters. The number of nitrogens with two attached hydrogens (primary N) is 1. The van der Waals surface area contributed by atoms with Crippen LogP contribution < -0.4 is 5.73 Å². The Morgan fingerprint density at radius 3 is 2.67 bits per heavy atom. The maximum Gasteiger partial charge on any atom is 0.315 e. The second kappa shape index (κ2) is 5.81. The lowest BCUT2D eigenvalue weighted by atomic mass is 10.0. The van der Waals surface area contributed by atoms with Gasteiger partial charge in [-0.15, -0.1) is 0 Å². The number of H-pyrrole nitrogens is 1. The van der Waals surface area contributed by atoms with Crippen LogP contribution in [0.2, 0.25) is 0 Å². The first kappa shape index (κ1) is 14.4. The summed E-state index contributed by atoms with van der Waals surface area (Å²) in [5, 5.41) is 7.49. The highest BCUT2D eigenvalue weighted by molar-refractivity contribution is 5.74. The summed E-state index contributed by atoms with van der Waals surface area (Å²) in [5.41, 5.74) is 11.3. The van der Waals surface area contributed by atoms with Crippen molar-refractivity contribution >= 4 is 6.03 Å². The van der Waals surface area contributed by atoms with Crippen LogP contribution in [0.25, 0.3) is 22.5 Å². The summed E-state index contributed by atoms with van der Waals surface area (Å²) in [6.07, 6.45) is 2.56. The van der Waals surface area contributed by atoms with Gasteiger partial charge in [-0.25, -0.2) is 4.79 Å². The van der Waals surface area contributed by atoms with Crippen LogP contribution >= 0.6 is 0 Å². The number of primary amides is 1. The molecule has 6 heteroatoms. The number of hydrogen-bond acceptors (Lipinski definition) is 3. The summed E-state index contributed by atoms with van der Waals surface area (Å²) < 4.78 is 0. The number of aromatic nitrogens is 3. The highest BCUT2D eigenvalue weighted by Gasteiger charge is 2.24. The highest BCUT2D eigenvalue weighted by Crippen LogP contribution is 2.29. The summed E-state index contributed by atoms with van der Waals surface area (Å²) in [7, 11) is 0. The van der Waals surface area contributed by atoms with Gasteiger partial charge in [0.25, 0.3) is 0 Å². The fourth-order valence-corrected chi connectivity index (χ4v) is 3.04. The van der Waals surface area contributed by atoms with Gasteiger partial charge >= 0.3 is 6.03 Å². The number of pyridine rings is 1. The van der Waals surface area contributed by atoms with E-state index in [2.05, 4.69) is 15.2 Å². The fraction of sp³-hybridized carbons (Fsp3) is 0.167. The molecule has 2 aromatic heterocycles. The van der Waals surface area contributed by atoms with Crippen LogP contribution in [-0.2, 0) is 13.0 Å². The van der Waals surface area contributed by atoms with Gasteiger partial charge in [0, 0.05) is 41.5 Å². The Balaban J connectivity index is 1.66. The van der Waals surface area contributed by atoms with Crippen LogP contribution in [-0.4, -0.2) is 32.7 Å². The minimum atomic E-state index is -0.398. The average Bonchev–Trinajstić information content (AvgIpc) is 3.06. The first-order valence-corrected chi connectivity index (χ1v) is 7.85. The zero-order chi connectivity index (χ0) is 16.5. The topological polar surface area (TPSA) is 87.9 Å². The van der Waals surface area contributed by atoms with E-state index in [9.17, 15) is 4.79 Å². The van der Waals surface area contributed by atoms with E-state index in [1.165, 1.54) is 0 Å². The van der Waals surface area contributed by atoms with Crippen LogP contribution in [0.1, 0.15) is 11.3 Å². The lowest BCUT2D eigenvalue weighted by molar-refractivity contribution is 0.202. The molecule has 0 saturated heterocycles. The van der Waals surface area contributed by atoms with E-state index >= 15 is 0 Å². The molecule has 3 heterocycles. The summed E-state index contributed by atoms with van der Waals surface area (Å²) in [4.78, 5) is 17.6. The van der Waals surface area contributed by atoms with Crippen LogP contribution in [0.15, 0.2) is 48.7 Å². The van der Waals surface area contributed by atoms with E-state index in [4.69, 9.17) is 5.73 Å². The molecular formula is C18H17N5O. The van der Waals surface area contributed by atoms with Gasteiger partial charge in [0.2, 0.25) is 0 Å². The Kier molecular flexibility index (Phi) is 3.49. The number of carbonyl (C=O) groups is 1. The molecule has 1 aromatic carbocycles. The quantitative estimate of drug-likeness (QED) is 0.761. The molecule has 0 bridgehead atoms. The average molecular weight is 319 g/mol. The minimum Gasteiger partial charge on any atom is -0.351 e. The fourth-order valence-electron chi connectivity index (χ4n) is 3.04. The summed E-state index contributed by atoms with van der Waals surface area (Å²) in [6, 6.07) is 13.6. The molecule has 120 valence electrons. The molecular weight excluding hydrogens is 302 g/mol.